The lowest BCUT2D eigenvalue weighted by atomic mass is 10.0. The van der Waals surface area contributed by atoms with E-state index in [-0.39, 0.29) is 30.8 Å². The molecule has 0 aliphatic heterocycles. The Hall–Kier alpha value is -5.60. The molecule has 53 heavy (non-hydrogen) atoms. The standard InChI is InChI=1S/C33H43N9O9S2/c34-20(15-52)29(47)39-22(13-18-6-8-19(43)9-7-18)32(50)40-23(12-17-4-2-1-3-5-17)31(49)38-21(10-11-26(35)44)30(48)41-24(14-27(36)45)33(51)42-25(16-53)28(37)46/h1-9,15,20-25,43,53H,10-14,16,34H2,(H2,35,44)(H2,36,45)(H2,37,46)(H,38,49)(H,39,47)(H,40,50)(H,41,48)(H,42,51)/t20-,21-,22-,23-,24-,25-/m0/s1. The Balaban J connectivity index is 2.43. The number of carbonyl (C=O) groups is 8. The van der Waals surface area contributed by atoms with Crippen LogP contribution in [-0.2, 0) is 51.2 Å². The molecule has 18 nitrogen and oxygen atoms in total. The van der Waals surface area contributed by atoms with Crippen molar-refractivity contribution >= 4 is 77.5 Å². The van der Waals surface area contributed by atoms with Crippen molar-refractivity contribution in [1.29, 1.82) is 0 Å². The topological polar surface area (TPSA) is 321 Å². The number of thiol groups is 1. The zero-order valence-electron chi connectivity index (χ0n) is 28.4. The molecule has 0 unspecified atom stereocenters. The summed E-state index contributed by atoms with van der Waals surface area (Å²) in [5.74, 6) is -7.61. The highest BCUT2D eigenvalue weighted by Gasteiger charge is 2.33. The van der Waals surface area contributed by atoms with Crippen LogP contribution in [0.2, 0.25) is 0 Å². The van der Waals surface area contributed by atoms with Crippen LogP contribution < -0.4 is 49.5 Å². The SMILES string of the molecule is NC(=O)CC[C@H](NC(=O)[C@H](Cc1ccccc1)NC(=O)[C@H](Cc1ccc(O)cc1)NC(=O)[C@@H](N)C=S)C(=O)N[C@@H](CC(N)=O)C(=O)N[C@@H](CS)C(N)=O. The third-order valence-corrected chi connectivity index (χ3v) is 8.23. The van der Waals surface area contributed by atoms with Crippen molar-refractivity contribution in [2.45, 2.75) is 68.4 Å². The fourth-order valence-corrected chi connectivity index (χ4v) is 5.12. The highest BCUT2D eigenvalue weighted by molar-refractivity contribution is 7.80. The Morgan fingerprint density at radius 2 is 1.09 bits per heavy atom. The third-order valence-electron chi connectivity index (χ3n) is 7.57. The number of hydrogen-bond acceptors (Lipinski definition) is 12. The largest absolute Gasteiger partial charge is 0.508 e. The molecule has 6 atom stereocenters. The van der Waals surface area contributed by atoms with Crippen LogP contribution in [0.3, 0.4) is 0 Å². The lowest BCUT2D eigenvalue weighted by Gasteiger charge is -2.27. The first-order valence-electron chi connectivity index (χ1n) is 16.1. The van der Waals surface area contributed by atoms with Crippen molar-refractivity contribution in [2.75, 3.05) is 5.75 Å². The van der Waals surface area contributed by atoms with E-state index < -0.39 is 96.4 Å². The first-order chi connectivity index (χ1) is 25.0. The summed E-state index contributed by atoms with van der Waals surface area (Å²) in [4.78, 5) is 102. The molecular formula is C33H43N9O9S2. The Morgan fingerprint density at radius 1 is 0.642 bits per heavy atom. The van der Waals surface area contributed by atoms with Crippen molar-refractivity contribution in [3.05, 3.63) is 65.7 Å². The van der Waals surface area contributed by atoms with Crippen LogP contribution in [-0.4, -0.2) is 99.7 Å². The van der Waals surface area contributed by atoms with Crippen molar-refractivity contribution < 1.29 is 43.5 Å². The van der Waals surface area contributed by atoms with E-state index in [1.54, 1.807) is 30.3 Å². The molecular weight excluding hydrogens is 731 g/mol. The quantitative estimate of drug-likeness (QED) is 0.0412. The molecule has 0 saturated heterocycles. The van der Waals surface area contributed by atoms with Gasteiger partial charge in [-0.3, -0.25) is 38.4 Å². The summed E-state index contributed by atoms with van der Waals surface area (Å²) in [7, 11) is 0. The molecule has 0 aliphatic rings. The lowest BCUT2D eigenvalue weighted by molar-refractivity contribution is -0.135. The molecule has 14 N–H and O–H groups in total. The summed E-state index contributed by atoms with van der Waals surface area (Å²) in [6.45, 7) is 0. The Labute approximate surface area is 315 Å². The molecule has 2 rings (SSSR count). The van der Waals surface area contributed by atoms with Gasteiger partial charge in [-0.05, 0) is 29.7 Å². The number of primary amides is 3. The number of rotatable bonds is 22. The molecule has 8 amide bonds. The molecule has 286 valence electrons. The van der Waals surface area contributed by atoms with Crippen molar-refractivity contribution in [3.63, 3.8) is 0 Å². The van der Waals surface area contributed by atoms with E-state index >= 15 is 0 Å². The first kappa shape index (κ1) is 43.6. The summed E-state index contributed by atoms with van der Waals surface area (Å²) >= 11 is 8.71. The molecule has 0 radical (unpaired) electrons. The van der Waals surface area contributed by atoms with Gasteiger partial charge in [-0.2, -0.15) is 12.6 Å². The van der Waals surface area contributed by atoms with E-state index in [9.17, 15) is 43.5 Å². The lowest BCUT2D eigenvalue weighted by Crippen LogP contribution is -2.60. The van der Waals surface area contributed by atoms with Gasteiger partial charge in [-0.25, -0.2) is 0 Å². The number of carbonyl (C=O) groups excluding carboxylic acids is 8. The predicted molar refractivity (Wildman–Crippen MR) is 199 cm³/mol. The third kappa shape index (κ3) is 15.3. The number of amides is 8. The van der Waals surface area contributed by atoms with Gasteiger partial charge < -0.3 is 54.6 Å². The summed E-state index contributed by atoms with van der Waals surface area (Å²) in [5.41, 5.74) is 22.7. The Bertz CT molecular complexity index is 1650. The van der Waals surface area contributed by atoms with E-state index in [2.05, 4.69) is 39.2 Å². The molecule has 0 aliphatic carbocycles. The van der Waals surface area contributed by atoms with Crippen molar-refractivity contribution in [1.82, 2.24) is 26.6 Å². The van der Waals surface area contributed by atoms with Gasteiger partial charge in [-0.15, -0.1) is 0 Å². The van der Waals surface area contributed by atoms with E-state index in [1.807, 2.05) is 0 Å². The zero-order valence-corrected chi connectivity index (χ0v) is 30.1. The molecule has 0 bridgehead atoms. The van der Waals surface area contributed by atoms with Crippen LogP contribution in [0.25, 0.3) is 0 Å². The van der Waals surface area contributed by atoms with E-state index in [4.69, 9.17) is 35.2 Å². The van der Waals surface area contributed by atoms with E-state index in [0.29, 0.717) is 11.1 Å². The second kappa shape index (κ2) is 21.7. The molecule has 20 heteroatoms. The Morgan fingerprint density at radius 3 is 1.58 bits per heavy atom. The number of hydrogen-bond donors (Lipinski definition) is 11. The zero-order chi connectivity index (χ0) is 39.7. The highest BCUT2D eigenvalue weighted by Crippen LogP contribution is 2.13. The van der Waals surface area contributed by atoms with Crippen LogP contribution >= 0.6 is 24.8 Å². The maximum absolute atomic E-state index is 13.9. The monoisotopic (exact) mass is 773 g/mol. The molecule has 0 heterocycles. The fourth-order valence-electron chi connectivity index (χ4n) is 4.73. The van der Waals surface area contributed by atoms with Crippen LogP contribution in [0.1, 0.15) is 30.4 Å². The van der Waals surface area contributed by atoms with Gasteiger partial charge in [0.15, 0.2) is 0 Å². The molecule has 0 fully saturated rings. The predicted octanol–water partition coefficient (Wildman–Crippen LogP) is -3.52. The van der Waals surface area contributed by atoms with Crippen LogP contribution in [0.15, 0.2) is 54.6 Å². The van der Waals surface area contributed by atoms with E-state index in [0.717, 1.165) is 5.37 Å². The maximum atomic E-state index is 13.9. The highest BCUT2D eigenvalue weighted by atomic mass is 32.1. The molecule has 0 spiro atoms. The number of thiocarbonyl (C=S) groups is 1. The minimum Gasteiger partial charge on any atom is -0.508 e. The Kier molecular flexibility index (Phi) is 17.8. The van der Waals surface area contributed by atoms with Gasteiger partial charge in [0.25, 0.3) is 0 Å². The van der Waals surface area contributed by atoms with Gasteiger partial charge in [0.05, 0.1) is 6.42 Å². The van der Waals surface area contributed by atoms with Gasteiger partial charge >= 0.3 is 0 Å². The second-order valence-corrected chi connectivity index (χ2v) is 12.4. The van der Waals surface area contributed by atoms with Crippen molar-refractivity contribution in [3.8, 4) is 5.75 Å². The summed E-state index contributed by atoms with van der Waals surface area (Å²) in [5, 5.41) is 22.8. The van der Waals surface area contributed by atoms with Gasteiger partial charge in [0.2, 0.25) is 47.3 Å². The average Bonchev–Trinajstić information content (AvgIpc) is 3.11. The minimum atomic E-state index is -1.64. The number of aromatic hydroxyl groups is 1. The molecule has 0 saturated carbocycles. The summed E-state index contributed by atoms with van der Waals surface area (Å²) < 4.78 is 0. The summed E-state index contributed by atoms with van der Waals surface area (Å²) in [6.07, 6.45) is -1.73. The van der Waals surface area contributed by atoms with Gasteiger partial charge in [0.1, 0.15) is 42.0 Å². The number of nitrogens with one attached hydrogen (secondary N) is 5. The average molecular weight is 774 g/mol. The summed E-state index contributed by atoms with van der Waals surface area (Å²) in [6, 6.07) is 5.86. The first-order valence-corrected chi connectivity index (χ1v) is 17.2. The normalized spacial score (nSPS) is 14.1. The maximum Gasteiger partial charge on any atom is 0.243 e. The second-order valence-electron chi connectivity index (χ2n) is 11.8. The van der Waals surface area contributed by atoms with Crippen LogP contribution in [0.4, 0.5) is 0 Å². The molecule has 2 aromatic rings. The molecule has 0 aromatic heterocycles. The van der Waals surface area contributed by atoms with Gasteiger partial charge in [-0.1, -0.05) is 54.7 Å². The van der Waals surface area contributed by atoms with Crippen molar-refractivity contribution in [2.24, 2.45) is 22.9 Å². The fraction of sp³-hybridized carbons (Fsp3) is 0.364. The van der Waals surface area contributed by atoms with Crippen LogP contribution in [0, 0.1) is 0 Å². The van der Waals surface area contributed by atoms with E-state index in [1.165, 1.54) is 24.3 Å². The minimum absolute atomic E-state index is 0.0369. The number of phenols is 1. The number of phenolic OH excluding ortho intramolecular Hbond substituents is 1. The van der Waals surface area contributed by atoms with Crippen LogP contribution in [0.5, 0.6) is 5.75 Å². The number of nitrogens with two attached hydrogens (primary N) is 4. The van der Waals surface area contributed by atoms with Gasteiger partial charge in [0, 0.05) is 30.4 Å². The molecule has 2 aromatic carbocycles. The smallest absolute Gasteiger partial charge is 0.243 e. The number of benzene rings is 2.